The van der Waals surface area contributed by atoms with E-state index in [0.29, 0.717) is 13.2 Å². The minimum Gasteiger partial charge on any atom is -0.381 e. The van der Waals surface area contributed by atoms with Crippen molar-refractivity contribution in [2.75, 3.05) is 19.8 Å². The van der Waals surface area contributed by atoms with Gasteiger partial charge >= 0.3 is 0 Å². The van der Waals surface area contributed by atoms with E-state index in [4.69, 9.17) is 9.47 Å². The van der Waals surface area contributed by atoms with Crippen LogP contribution in [-0.4, -0.2) is 25.9 Å². The molecular formula is C38H53N3O2. The Morgan fingerprint density at radius 1 is 0.581 bits per heavy atom. The average Bonchev–Trinajstić information content (AvgIpc) is 3.06. The molecule has 0 heterocycles. The summed E-state index contributed by atoms with van der Waals surface area (Å²) in [5.74, 6) is 0. The summed E-state index contributed by atoms with van der Waals surface area (Å²) in [6, 6.07) is 30.4. The highest BCUT2D eigenvalue weighted by Gasteiger charge is 2.38. The predicted octanol–water partition coefficient (Wildman–Crippen LogP) is 11.2. The second kappa shape index (κ2) is 21.6. The van der Waals surface area contributed by atoms with Crippen molar-refractivity contribution >= 4 is 0 Å². The molecule has 3 rings (SSSR count). The van der Waals surface area contributed by atoms with E-state index in [-0.39, 0.29) is 6.61 Å². The highest BCUT2D eigenvalue weighted by atomic mass is 16.5. The molecule has 3 aromatic rings. The van der Waals surface area contributed by atoms with Crippen molar-refractivity contribution in [1.29, 1.82) is 0 Å². The molecule has 0 unspecified atom stereocenters. The summed E-state index contributed by atoms with van der Waals surface area (Å²) in [6.45, 7) is 3.54. The lowest BCUT2D eigenvalue weighted by molar-refractivity contribution is -0.00971. The summed E-state index contributed by atoms with van der Waals surface area (Å²) < 4.78 is 12.8. The molecule has 0 aromatic heterocycles. The summed E-state index contributed by atoms with van der Waals surface area (Å²) in [5, 5.41) is 4.05. The maximum Gasteiger partial charge on any atom is 0.143 e. The Morgan fingerprint density at radius 3 is 1.37 bits per heavy atom. The van der Waals surface area contributed by atoms with Gasteiger partial charge in [-0.15, -0.1) is 0 Å². The minimum atomic E-state index is -0.846. The number of rotatable bonds is 24. The van der Waals surface area contributed by atoms with E-state index in [1.54, 1.807) is 0 Å². The number of hydrogen-bond donors (Lipinski definition) is 0. The molecule has 0 saturated heterocycles. The van der Waals surface area contributed by atoms with Crippen molar-refractivity contribution in [3.8, 4) is 0 Å². The summed E-state index contributed by atoms with van der Waals surface area (Å²) >= 11 is 0. The first-order chi connectivity index (χ1) is 21.3. The van der Waals surface area contributed by atoms with E-state index >= 15 is 0 Å². The summed E-state index contributed by atoms with van der Waals surface area (Å²) in [7, 11) is 0. The lowest BCUT2D eigenvalue weighted by atomic mass is 9.80. The molecule has 0 aliphatic carbocycles. The maximum absolute atomic E-state index is 9.30. The Bertz CT molecular complexity index is 1040. The van der Waals surface area contributed by atoms with Crippen molar-refractivity contribution in [3.05, 3.63) is 118 Å². The van der Waals surface area contributed by atoms with Gasteiger partial charge in [0, 0.05) is 11.5 Å². The lowest BCUT2D eigenvalue weighted by Crippen LogP contribution is -2.36. The Morgan fingerprint density at radius 2 is 0.977 bits per heavy atom. The van der Waals surface area contributed by atoms with Crippen LogP contribution in [0.3, 0.4) is 0 Å². The van der Waals surface area contributed by atoms with Crippen LogP contribution in [0.2, 0.25) is 0 Å². The molecule has 3 aromatic carbocycles. The zero-order chi connectivity index (χ0) is 30.3. The first-order valence-corrected chi connectivity index (χ1v) is 16.7. The van der Waals surface area contributed by atoms with Crippen molar-refractivity contribution in [1.82, 2.24) is 0 Å². The first kappa shape index (κ1) is 34.4. The van der Waals surface area contributed by atoms with Gasteiger partial charge in [0.25, 0.3) is 0 Å². The third-order valence-electron chi connectivity index (χ3n) is 8.20. The number of ether oxygens (including phenoxy) is 2. The standard InChI is InChI=1S/C38H53N3O2/c1-2-3-4-5-6-7-8-9-10-11-12-13-14-24-31-42-32-37(40-41-39)33-43-38(34-25-18-15-19-26-34,35-27-20-16-21-28-35)36-29-22-17-23-30-36/h15-23,25-30,37H,2-14,24,31-33H2,1H3/t37-/m0/s1. The predicted molar refractivity (Wildman–Crippen MR) is 179 cm³/mol. The third-order valence-corrected chi connectivity index (χ3v) is 8.20. The zero-order valence-corrected chi connectivity index (χ0v) is 26.4. The fourth-order valence-corrected chi connectivity index (χ4v) is 5.80. The van der Waals surface area contributed by atoms with Gasteiger partial charge in [0.1, 0.15) is 5.60 Å². The van der Waals surface area contributed by atoms with Crippen LogP contribution in [0, 0.1) is 0 Å². The molecule has 1 atom stereocenters. The van der Waals surface area contributed by atoms with Crippen molar-refractivity contribution < 1.29 is 9.47 Å². The van der Waals surface area contributed by atoms with Crippen molar-refractivity contribution in [3.63, 3.8) is 0 Å². The fourth-order valence-electron chi connectivity index (χ4n) is 5.80. The lowest BCUT2D eigenvalue weighted by Gasteiger charge is -2.36. The van der Waals surface area contributed by atoms with Crippen LogP contribution in [-0.2, 0) is 15.1 Å². The van der Waals surface area contributed by atoms with E-state index in [2.05, 4.69) is 53.3 Å². The first-order valence-electron chi connectivity index (χ1n) is 16.7. The molecule has 0 aliphatic heterocycles. The zero-order valence-electron chi connectivity index (χ0n) is 26.4. The minimum absolute atomic E-state index is 0.238. The van der Waals surface area contributed by atoms with Crippen LogP contribution >= 0.6 is 0 Å². The number of nitrogens with zero attached hydrogens (tertiary/aromatic N) is 3. The van der Waals surface area contributed by atoms with Crippen LogP contribution in [0.25, 0.3) is 10.4 Å². The van der Waals surface area contributed by atoms with E-state index < -0.39 is 11.6 Å². The molecule has 43 heavy (non-hydrogen) atoms. The van der Waals surface area contributed by atoms with Crippen LogP contribution in [0.15, 0.2) is 96.1 Å². The molecule has 0 amide bonds. The van der Waals surface area contributed by atoms with E-state index in [1.807, 2.05) is 54.6 Å². The third kappa shape index (κ3) is 12.2. The van der Waals surface area contributed by atoms with Crippen LogP contribution < -0.4 is 0 Å². The number of azide groups is 1. The number of benzene rings is 3. The topological polar surface area (TPSA) is 67.2 Å². The van der Waals surface area contributed by atoms with Gasteiger partial charge in [-0.3, -0.25) is 0 Å². The van der Waals surface area contributed by atoms with Gasteiger partial charge in [-0.25, -0.2) is 0 Å². The highest BCUT2D eigenvalue weighted by Crippen LogP contribution is 2.40. The SMILES string of the molecule is CCCCCCCCCCCCCCCCOC[C@@H](COC(c1ccccc1)(c1ccccc1)c1ccccc1)N=[N+]=[N-]. The van der Waals surface area contributed by atoms with E-state index in [9.17, 15) is 5.53 Å². The number of unbranched alkanes of at least 4 members (excludes halogenated alkanes) is 13. The molecule has 0 bridgehead atoms. The molecular weight excluding hydrogens is 530 g/mol. The van der Waals surface area contributed by atoms with Gasteiger partial charge in [-0.2, -0.15) is 0 Å². The molecule has 0 fully saturated rings. The second-order valence-electron chi connectivity index (χ2n) is 11.6. The van der Waals surface area contributed by atoms with E-state index in [1.165, 1.54) is 83.5 Å². The second-order valence-corrected chi connectivity index (χ2v) is 11.6. The Kier molecular flexibility index (Phi) is 17.2. The molecule has 5 heteroatoms. The average molecular weight is 584 g/mol. The van der Waals surface area contributed by atoms with Crippen LogP contribution in [0.5, 0.6) is 0 Å². The van der Waals surface area contributed by atoms with Crippen molar-refractivity contribution in [2.24, 2.45) is 5.11 Å². The van der Waals surface area contributed by atoms with Crippen LogP contribution in [0.1, 0.15) is 114 Å². The van der Waals surface area contributed by atoms with Gasteiger partial charge in [0.05, 0.1) is 19.3 Å². The van der Waals surface area contributed by atoms with Gasteiger partial charge in [0.15, 0.2) is 0 Å². The van der Waals surface area contributed by atoms with Gasteiger partial charge < -0.3 is 9.47 Å². The van der Waals surface area contributed by atoms with Gasteiger partial charge in [-0.1, -0.05) is 187 Å². The molecule has 0 radical (unpaired) electrons. The molecule has 232 valence electrons. The molecule has 0 N–H and O–H groups in total. The Labute approximate surface area is 260 Å². The van der Waals surface area contributed by atoms with E-state index in [0.717, 1.165) is 23.1 Å². The Balaban J connectivity index is 1.44. The molecule has 0 aliphatic rings. The smallest absolute Gasteiger partial charge is 0.143 e. The number of hydrogen-bond acceptors (Lipinski definition) is 3. The Hall–Kier alpha value is -3.11. The summed E-state index contributed by atoms with van der Waals surface area (Å²) in [6.07, 6.45) is 18.7. The summed E-state index contributed by atoms with van der Waals surface area (Å²) in [5.41, 5.74) is 11.5. The van der Waals surface area contributed by atoms with Gasteiger partial charge in [-0.05, 0) is 28.6 Å². The maximum atomic E-state index is 9.30. The highest BCUT2D eigenvalue weighted by molar-refractivity contribution is 5.47. The molecule has 0 saturated carbocycles. The largest absolute Gasteiger partial charge is 0.381 e. The van der Waals surface area contributed by atoms with Crippen molar-refractivity contribution in [2.45, 2.75) is 108 Å². The normalized spacial score (nSPS) is 12.1. The monoisotopic (exact) mass is 583 g/mol. The summed E-state index contributed by atoms with van der Waals surface area (Å²) in [4.78, 5) is 3.11. The van der Waals surface area contributed by atoms with Gasteiger partial charge in [0.2, 0.25) is 0 Å². The quantitative estimate of drug-likeness (QED) is 0.0346. The fraction of sp³-hybridized carbons (Fsp3) is 0.526. The van der Waals surface area contributed by atoms with Crippen LogP contribution in [0.4, 0.5) is 0 Å². The molecule has 5 nitrogen and oxygen atoms in total. The molecule has 0 spiro atoms.